The number of aromatic nitrogens is 2. The summed E-state index contributed by atoms with van der Waals surface area (Å²) < 4.78 is 49.9. The van der Waals surface area contributed by atoms with Crippen LogP contribution in [-0.4, -0.2) is 54.5 Å². The highest BCUT2D eigenvalue weighted by molar-refractivity contribution is 6.11. The van der Waals surface area contributed by atoms with E-state index in [0.29, 0.717) is 29.7 Å². The first-order valence-corrected chi connectivity index (χ1v) is 11.4. The minimum atomic E-state index is -4.33. The van der Waals surface area contributed by atoms with Gasteiger partial charge in [-0.3, -0.25) is 4.79 Å². The maximum absolute atomic E-state index is 12.8. The first kappa shape index (κ1) is 27.0. The number of benzene rings is 1. The van der Waals surface area contributed by atoms with E-state index in [-0.39, 0.29) is 18.0 Å². The number of carbonyl (C=O) groups excluding carboxylic acids is 2. The SMILES string of the molecule is COCC(=O)Nc1c(C(=O)OC)n(CCCc2ccccc2)c2ncc(N[C@@H](C)CC(F)(F)F)cc12. The topological polar surface area (TPSA) is 94.5 Å². The number of aryl methyl sites for hydroxylation is 2. The number of fused-ring (bicyclic) bond motifs is 1. The van der Waals surface area contributed by atoms with E-state index >= 15 is 0 Å². The van der Waals surface area contributed by atoms with Crippen molar-refractivity contribution in [2.45, 2.75) is 44.9 Å². The number of hydrogen-bond donors (Lipinski definition) is 2. The molecule has 2 N–H and O–H groups in total. The lowest BCUT2D eigenvalue weighted by Crippen LogP contribution is -2.23. The fraction of sp³-hybridized carbons (Fsp3) is 0.400. The van der Waals surface area contributed by atoms with Crippen LogP contribution in [0.3, 0.4) is 0 Å². The highest BCUT2D eigenvalue weighted by Gasteiger charge is 2.30. The van der Waals surface area contributed by atoms with E-state index in [1.807, 2.05) is 30.3 Å². The van der Waals surface area contributed by atoms with Gasteiger partial charge >= 0.3 is 12.1 Å². The molecule has 1 aromatic carbocycles. The van der Waals surface area contributed by atoms with Crippen molar-refractivity contribution >= 4 is 34.3 Å². The maximum Gasteiger partial charge on any atom is 0.391 e. The number of ether oxygens (including phenoxy) is 2. The standard InChI is InChI=1S/C25H29F3N4O4/c1-16(13-25(26,27)28)30-18-12-19-21(31-20(33)15-35-2)22(24(34)36-3)32(23(19)29-14-18)11-7-10-17-8-5-4-6-9-17/h4-6,8-9,12,14,16,30H,7,10-11,13,15H2,1-3H3,(H,31,33)/t16-/m0/s1. The van der Waals surface area contributed by atoms with Gasteiger partial charge in [-0.15, -0.1) is 0 Å². The van der Waals surface area contributed by atoms with Gasteiger partial charge in [0, 0.05) is 25.1 Å². The minimum Gasteiger partial charge on any atom is -0.464 e. The van der Waals surface area contributed by atoms with E-state index in [1.54, 1.807) is 10.6 Å². The molecule has 3 rings (SSSR count). The van der Waals surface area contributed by atoms with Crippen molar-refractivity contribution < 1.29 is 32.2 Å². The van der Waals surface area contributed by atoms with Crippen LogP contribution >= 0.6 is 0 Å². The molecule has 194 valence electrons. The Morgan fingerprint density at radius 2 is 1.89 bits per heavy atom. The van der Waals surface area contributed by atoms with Crippen LogP contribution in [0.4, 0.5) is 24.5 Å². The number of alkyl halides is 3. The van der Waals surface area contributed by atoms with Crippen molar-refractivity contribution in [2.24, 2.45) is 0 Å². The molecular formula is C25H29F3N4O4. The van der Waals surface area contributed by atoms with Crippen molar-refractivity contribution in [3.8, 4) is 0 Å². The average Bonchev–Trinajstić information content (AvgIpc) is 3.10. The van der Waals surface area contributed by atoms with E-state index in [0.717, 1.165) is 12.0 Å². The van der Waals surface area contributed by atoms with Crippen molar-refractivity contribution in [3.63, 3.8) is 0 Å². The molecule has 0 aliphatic rings. The second-order valence-corrected chi connectivity index (χ2v) is 8.40. The molecule has 0 radical (unpaired) electrons. The van der Waals surface area contributed by atoms with Gasteiger partial charge in [0.25, 0.3) is 0 Å². The zero-order chi connectivity index (χ0) is 26.3. The third-order valence-electron chi connectivity index (χ3n) is 5.46. The molecule has 0 fully saturated rings. The third-order valence-corrected chi connectivity index (χ3v) is 5.46. The number of hydrogen-bond acceptors (Lipinski definition) is 6. The lowest BCUT2D eigenvalue weighted by molar-refractivity contribution is -0.136. The van der Waals surface area contributed by atoms with Gasteiger partial charge in [-0.05, 0) is 31.4 Å². The van der Waals surface area contributed by atoms with Gasteiger partial charge in [-0.1, -0.05) is 30.3 Å². The molecule has 11 heteroatoms. The molecule has 2 heterocycles. The van der Waals surface area contributed by atoms with Gasteiger partial charge in [0.15, 0.2) is 5.69 Å². The predicted octanol–water partition coefficient (Wildman–Crippen LogP) is 4.79. The number of nitrogens with one attached hydrogen (secondary N) is 2. The van der Waals surface area contributed by atoms with E-state index in [2.05, 4.69) is 15.6 Å². The van der Waals surface area contributed by atoms with Crippen LogP contribution in [0, 0.1) is 0 Å². The highest BCUT2D eigenvalue weighted by Crippen LogP contribution is 2.33. The summed E-state index contributed by atoms with van der Waals surface area (Å²) >= 11 is 0. The quantitative estimate of drug-likeness (QED) is 0.363. The summed E-state index contributed by atoms with van der Waals surface area (Å²) in [4.78, 5) is 29.6. The Labute approximate surface area is 206 Å². The second-order valence-electron chi connectivity index (χ2n) is 8.40. The number of anilines is 2. The van der Waals surface area contributed by atoms with Crippen molar-refractivity contribution in [1.82, 2.24) is 9.55 Å². The lowest BCUT2D eigenvalue weighted by atomic mass is 10.1. The summed E-state index contributed by atoms with van der Waals surface area (Å²) in [6.07, 6.45) is -2.56. The molecule has 0 saturated heterocycles. The van der Waals surface area contributed by atoms with Crippen molar-refractivity contribution in [3.05, 3.63) is 53.9 Å². The number of esters is 1. The summed E-state index contributed by atoms with van der Waals surface area (Å²) in [6, 6.07) is 10.5. The van der Waals surface area contributed by atoms with Crippen LogP contribution in [0.25, 0.3) is 11.0 Å². The number of amides is 1. The molecule has 2 aromatic heterocycles. The number of halogens is 3. The highest BCUT2D eigenvalue weighted by atomic mass is 19.4. The van der Waals surface area contributed by atoms with Crippen LogP contribution in [0.1, 0.15) is 35.8 Å². The molecule has 0 unspecified atom stereocenters. The van der Waals surface area contributed by atoms with Gasteiger partial charge in [0.05, 0.1) is 31.1 Å². The number of nitrogens with zero attached hydrogens (tertiary/aromatic N) is 2. The Morgan fingerprint density at radius 3 is 2.53 bits per heavy atom. The fourth-order valence-electron chi connectivity index (χ4n) is 4.03. The van der Waals surface area contributed by atoms with Gasteiger partial charge in [-0.2, -0.15) is 13.2 Å². The zero-order valence-electron chi connectivity index (χ0n) is 20.3. The normalized spacial score (nSPS) is 12.4. The number of pyridine rings is 1. The minimum absolute atomic E-state index is 0.0954. The molecule has 1 amide bonds. The van der Waals surface area contributed by atoms with Crippen LogP contribution in [-0.2, 0) is 27.2 Å². The van der Waals surface area contributed by atoms with E-state index in [1.165, 1.54) is 27.3 Å². The van der Waals surface area contributed by atoms with Gasteiger partial charge < -0.3 is 24.7 Å². The number of rotatable bonds is 11. The molecule has 8 nitrogen and oxygen atoms in total. The summed E-state index contributed by atoms with van der Waals surface area (Å²) in [7, 11) is 2.59. The van der Waals surface area contributed by atoms with Gasteiger partial charge in [-0.25, -0.2) is 9.78 Å². The molecule has 0 spiro atoms. The van der Waals surface area contributed by atoms with Crippen LogP contribution in [0.5, 0.6) is 0 Å². The summed E-state index contributed by atoms with van der Waals surface area (Å²) in [5, 5.41) is 5.86. The van der Waals surface area contributed by atoms with Crippen LogP contribution in [0.2, 0.25) is 0 Å². The Balaban J connectivity index is 2.02. The van der Waals surface area contributed by atoms with E-state index in [4.69, 9.17) is 9.47 Å². The molecule has 1 atom stereocenters. The number of methoxy groups -OCH3 is 2. The molecule has 0 aliphatic carbocycles. The Morgan fingerprint density at radius 1 is 1.17 bits per heavy atom. The monoisotopic (exact) mass is 506 g/mol. The fourth-order valence-corrected chi connectivity index (χ4v) is 4.03. The van der Waals surface area contributed by atoms with E-state index in [9.17, 15) is 22.8 Å². The molecule has 0 bridgehead atoms. The molecule has 0 aliphatic heterocycles. The van der Waals surface area contributed by atoms with Gasteiger partial charge in [0.1, 0.15) is 12.3 Å². The molecular weight excluding hydrogens is 477 g/mol. The van der Waals surface area contributed by atoms with Gasteiger partial charge in [0.2, 0.25) is 5.91 Å². The summed E-state index contributed by atoms with van der Waals surface area (Å²) in [5.74, 6) is -1.19. The largest absolute Gasteiger partial charge is 0.464 e. The number of carbonyl (C=O) groups is 2. The predicted molar refractivity (Wildman–Crippen MR) is 130 cm³/mol. The third kappa shape index (κ3) is 6.97. The van der Waals surface area contributed by atoms with Crippen molar-refractivity contribution in [1.29, 1.82) is 0 Å². The first-order valence-electron chi connectivity index (χ1n) is 11.4. The summed E-state index contributed by atoms with van der Waals surface area (Å²) in [5.41, 5.74) is 2.10. The van der Waals surface area contributed by atoms with Crippen LogP contribution < -0.4 is 10.6 Å². The smallest absolute Gasteiger partial charge is 0.391 e. The molecule has 0 saturated carbocycles. The Hall–Kier alpha value is -3.60. The Kier molecular flexibility index (Phi) is 8.92. The van der Waals surface area contributed by atoms with Crippen LogP contribution in [0.15, 0.2) is 42.6 Å². The first-order chi connectivity index (χ1) is 17.1. The Bertz CT molecular complexity index is 1200. The average molecular weight is 507 g/mol. The second kappa shape index (κ2) is 11.9. The molecule has 36 heavy (non-hydrogen) atoms. The maximum atomic E-state index is 12.8. The van der Waals surface area contributed by atoms with Crippen molar-refractivity contribution in [2.75, 3.05) is 31.5 Å². The lowest BCUT2D eigenvalue weighted by Gasteiger charge is -2.17. The summed E-state index contributed by atoms with van der Waals surface area (Å²) in [6.45, 7) is 1.54. The van der Waals surface area contributed by atoms with E-state index < -0.39 is 30.5 Å². The zero-order valence-corrected chi connectivity index (χ0v) is 20.3. The molecule has 3 aromatic rings.